The molecule has 6 heteroatoms. The number of hydrogen-bond donors (Lipinski definition) is 0. The Labute approximate surface area is 148 Å². The van der Waals surface area contributed by atoms with Crippen molar-refractivity contribution in [1.82, 2.24) is 24.5 Å². The number of alkyl halides is 1. The average molecular weight is 346 g/mol. The van der Waals surface area contributed by atoms with E-state index in [1.807, 2.05) is 0 Å². The van der Waals surface area contributed by atoms with Crippen LogP contribution in [0.3, 0.4) is 0 Å². The lowest BCUT2D eigenvalue weighted by atomic mass is 10.3. The van der Waals surface area contributed by atoms with Crippen LogP contribution in [-0.2, 0) is 0 Å². The first-order chi connectivity index (χ1) is 11.0. The van der Waals surface area contributed by atoms with Gasteiger partial charge in [-0.15, -0.1) is 11.6 Å². The molecule has 2 fully saturated rings. The third-order valence-corrected chi connectivity index (χ3v) is 5.79. The molecule has 0 aromatic carbocycles. The highest BCUT2D eigenvalue weighted by Crippen LogP contribution is 2.12. The Balaban J connectivity index is 2.11. The van der Waals surface area contributed by atoms with Crippen LogP contribution >= 0.6 is 11.6 Å². The molecule has 0 spiro atoms. The average Bonchev–Trinajstić information content (AvgIpc) is 2.54. The molecular weight excluding hydrogens is 310 g/mol. The van der Waals surface area contributed by atoms with E-state index in [0.29, 0.717) is 0 Å². The first-order valence-corrected chi connectivity index (χ1v) is 9.64. The number of rotatable bonds is 0. The van der Waals surface area contributed by atoms with Gasteiger partial charge in [-0.25, -0.2) is 0 Å². The Kier molecular flexibility index (Phi) is 8.58. The Hall–Kier alpha value is 0.0900. The van der Waals surface area contributed by atoms with Crippen molar-refractivity contribution >= 4 is 11.6 Å². The molecule has 2 aliphatic rings. The minimum Gasteiger partial charge on any atom is -0.305 e. The topological polar surface area (TPSA) is 16.2 Å². The number of hydrogen-bond acceptors (Lipinski definition) is 5. The Bertz CT molecular complexity index is 328. The van der Waals surface area contributed by atoms with Crippen LogP contribution in [0, 0.1) is 0 Å². The van der Waals surface area contributed by atoms with E-state index >= 15 is 0 Å². The van der Waals surface area contributed by atoms with Crippen molar-refractivity contribution in [2.75, 3.05) is 93.1 Å². The van der Waals surface area contributed by atoms with Crippen molar-refractivity contribution in [2.45, 2.75) is 18.3 Å². The van der Waals surface area contributed by atoms with Crippen molar-refractivity contribution in [3.63, 3.8) is 0 Å². The fraction of sp³-hybridized carbons (Fsp3) is 1.00. The fourth-order valence-electron chi connectivity index (χ4n) is 3.36. The normalized spacial score (nSPS) is 35.2. The van der Waals surface area contributed by atoms with Gasteiger partial charge in [0.15, 0.2) is 0 Å². The summed E-state index contributed by atoms with van der Waals surface area (Å²) in [5.74, 6) is 0. The summed E-state index contributed by atoms with van der Waals surface area (Å²) < 4.78 is 0. The molecule has 0 saturated carbocycles. The number of nitrogens with zero attached hydrogens (tertiary/aromatic N) is 5. The van der Waals surface area contributed by atoms with E-state index in [0.717, 1.165) is 52.2 Å². The predicted molar refractivity (Wildman–Crippen MR) is 99.4 cm³/mol. The summed E-state index contributed by atoms with van der Waals surface area (Å²) in [7, 11) is 6.73. The van der Waals surface area contributed by atoms with Crippen molar-refractivity contribution in [3.05, 3.63) is 0 Å². The molecule has 0 aromatic rings. The van der Waals surface area contributed by atoms with Gasteiger partial charge in [-0.1, -0.05) is 0 Å². The molecule has 23 heavy (non-hydrogen) atoms. The van der Waals surface area contributed by atoms with Crippen molar-refractivity contribution in [2.24, 2.45) is 0 Å². The zero-order valence-electron chi connectivity index (χ0n) is 15.4. The summed E-state index contributed by atoms with van der Waals surface area (Å²) >= 11 is 6.75. The molecule has 2 rings (SSSR count). The molecule has 0 N–H and O–H groups in total. The van der Waals surface area contributed by atoms with Crippen molar-refractivity contribution in [3.8, 4) is 0 Å². The van der Waals surface area contributed by atoms with Gasteiger partial charge in [-0.3, -0.25) is 4.90 Å². The summed E-state index contributed by atoms with van der Waals surface area (Å²) in [5.41, 5.74) is 0.152. The molecule has 3 unspecified atom stereocenters. The highest BCUT2D eigenvalue weighted by atomic mass is 35.5. The second-order valence-corrected chi connectivity index (χ2v) is 7.87. The van der Waals surface area contributed by atoms with Crippen molar-refractivity contribution in [1.29, 1.82) is 0 Å². The highest BCUT2D eigenvalue weighted by molar-refractivity contribution is 6.20. The van der Waals surface area contributed by atoms with E-state index in [2.05, 4.69) is 45.6 Å². The molecule has 2 saturated heterocycles. The standard InChI is InChI=1S/C17H36ClN5/c1-19-6-4-7-22-13-9-20(2)8-5-17(18)23(15-11-19)16-12-21(3)10-14-22/h17H,4-16H2,1-3H3. The van der Waals surface area contributed by atoms with Crippen molar-refractivity contribution < 1.29 is 0 Å². The van der Waals surface area contributed by atoms with Crippen LogP contribution in [-0.4, -0.2) is 123 Å². The van der Waals surface area contributed by atoms with E-state index in [-0.39, 0.29) is 5.50 Å². The molecule has 2 heterocycles. The number of fused-ring (bicyclic) bond motifs is 6. The summed E-state index contributed by atoms with van der Waals surface area (Å²) in [5, 5.41) is 0. The maximum Gasteiger partial charge on any atom is 0.0863 e. The minimum atomic E-state index is 0.152. The summed E-state index contributed by atoms with van der Waals surface area (Å²) in [6, 6.07) is 0. The predicted octanol–water partition coefficient (Wildman–Crippen LogP) is 0.758. The van der Waals surface area contributed by atoms with Gasteiger partial charge in [0.2, 0.25) is 0 Å². The minimum absolute atomic E-state index is 0.152. The van der Waals surface area contributed by atoms with E-state index in [1.54, 1.807) is 0 Å². The molecule has 3 atom stereocenters. The molecule has 0 amide bonds. The summed E-state index contributed by atoms with van der Waals surface area (Å²) in [4.78, 5) is 12.5. The van der Waals surface area contributed by atoms with Gasteiger partial charge in [0.05, 0.1) is 5.50 Å². The van der Waals surface area contributed by atoms with Crippen LogP contribution < -0.4 is 0 Å². The maximum absolute atomic E-state index is 6.75. The van der Waals surface area contributed by atoms with E-state index in [4.69, 9.17) is 11.6 Å². The van der Waals surface area contributed by atoms with Gasteiger partial charge in [-0.05, 0) is 47.1 Å². The van der Waals surface area contributed by atoms with Gasteiger partial charge < -0.3 is 19.6 Å². The lowest BCUT2D eigenvalue weighted by Gasteiger charge is -2.31. The van der Waals surface area contributed by atoms with Crippen LogP contribution in [0.2, 0.25) is 0 Å². The molecular formula is C17H36ClN5. The maximum atomic E-state index is 6.75. The number of likely N-dealkylation sites (N-methyl/N-ethyl adjacent to an activating group) is 3. The zero-order chi connectivity index (χ0) is 16.7. The van der Waals surface area contributed by atoms with E-state index in [1.165, 1.54) is 32.6 Å². The van der Waals surface area contributed by atoms with Crippen LogP contribution in [0.5, 0.6) is 0 Å². The summed E-state index contributed by atoms with van der Waals surface area (Å²) in [6.45, 7) is 12.5. The van der Waals surface area contributed by atoms with Crippen LogP contribution in [0.25, 0.3) is 0 Å². The van der Waals surface area contributed by atoms with Gasteiger partial charge in [-0.2, -0.15) is 0 Å². The Morgan fingerprint density at radius 2 is 1.13 bits per heavy atom. The second kappa shape index (κ2) is 10.2. The molecule has 0 aromatic heterocycles. The van der Waals surface area contributed by atoms with Crippen LogP contribution in [0.1, 0.15) is 12.8 Å². The highest BCUT2D eigenvalue weighted by Gasteiger charge is 2.19. The van der Waals surface area contributed by atoms with Gasteiger partial charge >= 0.3 is 0 Å². The largest absolute Gasteiger partial charge is 0.305 e. The molecule has 5 nitrogen and oxygen atoms in total. The lowest BCUT2D eigenvalue weighted by molar-refractivity contribution is 0.174. The second-order valence-electron chi connectivity index (χ2n) is 7.36. The smallest absolute Gasteiger partial charge is 0.0863 e. The third-order valence-electron chi connectivity index (χ3n) is 5.29. The zero-order valence-corrected chi connectivity index (χ0v) is 16.1. The first-order valence-electron chi connectivity index (χ1n) is 9.20. The molecule has 136 valence electrons. The molecule has 0 radical (unpaired) electrons. The first kappa shape index (κ1) is 19.4. The quantitative estimate of drug-likeness (QED) is 0.365. The number of halogens is 1. The van der Waals surface area contributed by atoms with E-state index < -0.39 is 0 Å². The fourth-order valence-corrected chi connectivity index (χ4v) is 3.65. The molecule has 2 bridgehead atoms. The van der Waals surface area contributed by atoms with Gasteiger partial charge in [0.25, 0.3) is 0 Å². The van der Waals surface area contributed by atoms with E-state index in [9.17, 15) is 0 Å². The SMILES string of the molecule is CN1CCC(Cl)N2CCN(C)CCCN(CC1)CCN(C)CC2. The third kappa shape index (κ3) is 7.24. The lowest BCUT2D eigenvalue weighted by Crippen LogP contribution is -2.43. The molecule has 0 aliphatic carbocycles. The van der Waals surface area contributed by atoms with Gasteiger partial charge in [0, 0.05) is 58.9 Å². The Morgan fingerprint density at radius 1 is 0.609 bits per heavy atom. The summed E-state index contributed by atoms with van der Waals surface area (Å²) in [6.07, 6.45) is 2.31. The Morgan fingerprint density at radius 3 is 1.78 bits per heavy atom. The van der Waals surface area contributed by atoms with Gasteiger partial charge in [0.1, 0.15) is 0 Å². The molecule has 2 aliphatic heterocycles. The van der Waals surface area contributed by atoms with Crippen LogP contribution in [0.4, 0.5) is 0 Å². The monoisotopic (exact) mass is 345 g/mol. The van der Waals surface area contributed by atoms with Crippen LogP contribution in [0.15, 0.2) is 0 Å².